The van der Waals surface area contributed by atoms with Gasteiger partial charge in [0.25, 0.3) is 11.7 Å². The van der Waals surface area contributed by atoms with E-state index >= 15 is 0 Å². The van der Waals surface area contributed by atoms with Crippen molar-refractivity contribution in [3.8, 4) is 0 Å². The lowest BCUT2D eigenvalue weighted by molar-refractivity contribution is -0.384. The second-order valence-electron chi connectivity index (χ2n) is 4.87. The highest BCUT2D eigenvalue weighted by Gasteiger charge is 2.11. The van der Waals surface area contributed by atoms with E-state index in [0.717, 1.165) is 25.9 Å². The third-order valence-electron chi connectivity index (χ3n) is 2.89. The Hall–Kier alpha value is -2.15. The molecule has 0 saturated carbocycles. The number of nitrogens with zero attached hydrogens (tertiary/aromatic N) is 3. The third kappa shape index (κ3) is 3.67. The average Bonchev–Trinajstić information content (AvgIpc) is 2.79. The lowest BCUT2D eigenvalue weighted by Crippen LogP contribution is -2.14. The number of unbranched alkanes of at least 4 members (excludes halogenated alkanes) is 1. The Morgan fingerprint density at radius 2 is 2.20 bits per heavy atom. The molecule has 0 amide bonds. The summed E-state index contributed by atoms with van der Waals surface area (Å²) in [5.41, 5.74) is 1.06. The normalized spacial score (nSPS) is 11.2. The molecular weight excluding hydrogens is 260 g/mol. The number of benzene rings is 1. The zero-order valence-electron chi connectivity index (χ0n) is 11.6. The summed E-state index contributed by atoms with van der Waals surface area (Å²) in [4.78, 5) is 16.6. The van der Waals surface area contributed by atoms with E-state index in [1.807, 2.05) is 14.1 Å². The van der Waals surface area contributed by atoms with Crippen LogP contribution in [0.1, 0.15) is 12.8 Å². The average molecular weight is 278 g/mol. The summed E-state index contributed by atoms with van der Waals surface area (Å²) < 4.78 is 5.48. The van der Waals surface area contributed by atoms with Crippen molar-refractivity contribution in [1.82, 2.24) is 9.88 Å². The molecule has 0 atom stereocenters. The van der Waals surface area contributed by atoms with Gasteiger partial charge in [0.2, 0.25) is 0 Å². The number of nitrogens with one attached hydrogen (secondary N) is 1. The Morgan fingerprint density at radius 3 is 2.90 bits per heavy atom. The summed E-state index contributed by atoms with van der Waals surface area (Å²) in [5.74, 6) is 0. The molecule has 108 valence electrons. The fraction of sp³-hybridized carbons (Fsp3) is 0.462. The van der Waals surface area contributed by atoms with Crippen molar-refractivity contribution in [3.05, 3.63) is 28.3 Å². The molecule has 1 N–H and O–H groups in total. The van der Waals surface area contributed by atoms with Gasteiger partial charge in [-0.1, -0.05) is 0 Å². The van der Waals surface area contributed by atoms with Gasteiger partial charge in [-0.05, 0) is 39.5 Å². The molecule has 1 heterocycles. The predicted molar refractivity (Wildman–Crippen MR) is 76.9 cm³/mol. The maximum atomic E-state index is 10.7. The summed E-state index contributed by atoms with van der Waals surface area (Å²) in [6.07, 6.45) is 2.10. The second kappa shape index (κ2) is 6.33. The highest BCUT2D eigenvalue weighted by Crippen LogP contribution is 2.23. The number of anilines is 1. The Kier molecular flexibility index (Phi) is 4.52. The molecule has 0 aliphatic carbocycles. The van der Waals surface area contributed by atoms with Gasteiger partial charge in [0.1, 0.15) is 5.52 Å². The van der Waals surface area contributed by atoms with Gasteiger partial charge in [-0.2, -0.15) is 4.98 Å². The van der Waals surface area contributed by atoms with Gasteiger partial charge >= 0.3 is 0 Å². The van der Waals surface area contributed by atoms with E-state index in [4.69, 9.17) is 4.42 Å². The summed E-state index contributed by atoms with van der Waals surface area (Å²) in [7, 11) is 4.09. The second-order valence-corrected chi connectivity index (χ2v) is 4.87. The van der Waals surface area contributed by atoms with Crippen LogP contribution in [0.15, 0.2) is 22.6 Å². The molecule has 2 rings (SSSR count). The number of hydrogen-bond acceptors (Lipinski definition) is 6. The molecule has 1 aromatic heterocycles. The number of oxazole rings is 1. The zero-order valence-corrected chi connectivity index (χ0v) is 11.6. The molecule has 0 radical (unpaired) electrons. The van der Waals surface area contributed by atoms with Gasteiger partial charge in [0, 0.05) is 18.7 Å². The van der Waals surface area contributed by atoms with E-state index in [2.05, 4.69) is 15.2 Å². The molecule has 0 bridgehead atoms. The van der Waals surface area contributed by atoms with Gasteiger partial charge in [0.05, 0.1) is 4.92 Å². The van der Waals surface area contributed by atoms with Crippen molar-refractivity contribution < 1.29 is 9.34 Å². The first-order chi connectivity index (χ1) is 9.56. The molecule has 0 unspecified atom stereocenters. The summed E-state index contributed by atoms with van der Waals surface area (Å²) in [5, 5.41) is 13.8. The van der Waals surface area contributed by atoms with Gasteiger partial charge in [-0.15, -0.1) is 0 Å². The molecule has 7 heteroatoms. The Bertz CT molecular complexity index is 594. The Labute approximate surface area is 116 Å². The monoisotopic (exact) mass is 278 g/mol. The van der Waals surface area contributed by atoms with Crippen molar-refractivity contribution in [3.63, 3.8) is 0 Å². The molecule has 0 aliphatic rings. The quantitative estimate of drug-likeness (QED) is 0.476. The first-order valence-electron chi connectivity index (χ1n) is 6.50. The molecule has 0 fully saturated rings. The van der Waals surface area contributed by atoms with Gasteiger partial charge in [-0.3, -0.25) is 10.1 Å². The lowest BCUT2D eigenvalue weighted by Gasteiger charge is -2.08. The van der Waals surface area contributed by atoms with Crippen LogP contribution < -0.4 is 5.32 Å². The number of fused-ring (bicyclic) bond motifs is 1. The standard InChI is InChI=1S/C13H18N4O3/c1-16(2)8-4-3-7-14-13-15-11-9-10(17(18)19)5-6-12(11)20-13/h5-6,9H,3-4,7-8H2,1-2H3,(H,14,15). The van der Waals surface area contributed by atoms with E-state index in [9.17, 15) is 10.1 Å². The van der Waals surface area contributed by atoms with E-state index in [1.54, 1.807) is 6.07 Å². The molecule has 0 aliphatic heterocycles. The molecule has 20 heavy (non-hydrogen) atoms. The number of hydrogen-bond donors (Lipinski definition) is 1. The van der Waals surface area contributed by atoms with Gasteiger partial charge in [0.15, 0.2) is 5.58 Å². The highest BCUT2D eigenvalue weighted by atomic mass is 16.6. The van der Waals surface area contributed by atoms with E-state index in [1.165, 1.54) is 12.1 Å². The van der Waals surface area contributed by atoms with Crippen LogP contribution in [0.25, 0.3) is 11.1 Å². The molecule has 1 aromatic carbocycles. The van der Waals surface area contributed by atoms with Crippen molar-refractivity contribution in [2.45, 2.75) is 12.8 Å². The molecule has 7 nitrogen and oxygen atoms in total. The van der Waals surface area contributed by atoms with Crippen LogP contribution in [0.5, 0.6) is 0 Å². The Balaban J connectivity index is 1.93. The van der Waals surface area contributed by atoms with Crippen LogP contribution in [0, 0.1) is 10.1 Å². The number of non-ortho nitro benzene ring substituents is 1. The SMILES string of the molecule is CN(C)CCCCNc1nc2cc([N+](=O)[O-])ccc2o1. The molecule has 0 spiro atoms. The van der Waals surface area contributed by atoms with Gasteiger partial charge in [-0.25, -0.2) is 0 Å². The van der Waals surface area contributed by atoms with Crippen molar-refractivity contribution >= 4 is 22.8 Å². The zero-order chi connectivity index (χ0) is 14.5. The van der Waals surface area contributed by atoms with E-state index in [0.29, 0.717) is 17.1 Å². The summed E-state index contributed by atoms with van der Waals surface area (Å²) in [6, 6.07) is 4.80. The minimum absolute atomic E-state index is 0.0170. The fourth-order valence-electron chi connectivity index (χ4n) is 1.85. The van der Waals surface area contributed by atoms with E-state index < -0.39 is 4.92 Å². The number of aromatic nitrogens is 1. The van der Waals surface area contributed by atoms with E-state index in [-0.39, 0.29) is 5.69 Å². The number of rotatable bonds is 7. The van der Waals surface area contributed by atoms with Crippen LogP contribution in [-0.2, 0) is 0 Å². The van der Waals surface area contributed by atoms with Crippen molar-refractivity contribution in [2.75, 3.05) is 32.5 Å². The Morgan fingerprint density at radius 1 is 1.40 bits per heavy atom. The number of nitro groups is 1. The largest absolute Gasteiger partial charge is 0.424 e. The minimum Gasteiger partial charge on any atom is -0.424 e. The summed E-state index contributed by atoms with van der Waals surface area (Å²) in [6.45, 7) is 1.81. The maximum Gasteiger partial charge on any atom is 0.295 e. The first-order valence-corrected chi connectivity index (χ1v) is 6.50. The lowest BCUT2D eigenvalue weighted by atomic mass is 10.3. The molecule has 2 aromatic rings. The van der Waals surface area contributed by atoms with Crippen molar-refractivity contribution in [1.29, 1.82) is 0 Å². The van der Waals surface area contributed by atoms with Crippen molar-refractivity contribution in [2.24, 2.45) is 0 Å². The van der Waals surface area contributed by atoms with Gasteiger partial charge < -0.3 is 14.6 Å². The van der Waals surface area contributed by atoms with Crippen LogP contribution in [0.3, 0.4) is 0 Å². The molecular formula is C13H18N4O3. The minimum atomic E-state index is -0.442. The van der Waals surface area contributed by atoms with Crippen LogP contribution in [0.2, 0.25) is 0 Å². The van der Waals surface area contributed by atoms with Crippen LogP contribution in [0.4, 0.5) is 11.7 Å². The highest BCUT2D eigenvalue weighted by molar-refractivity contribution is 5.77. The number of nitro benzene ring substituents is 1. The summed E-state index contributed by atoms with van der Waals surface area (Å²) >= 11 is 0. The molecule has 0 saturated heterocycles. The third-order valence-corrected chi connectivity index (χ3v) is 2.89. The smallest absolute Gasteiger partial charge is 0.295 e. The first kappa shape index (κ1) is 14.3. The topological polar surface area (TPSA) is 84.4 Å². The predicted octanol–water partition coefficient (Wildman–Crippen LogP) is 2.49. The fourth-order valence-corrected chi connectivity index (χ4v) is 1.85. The van der Waals surface area contributed by atoms with Crippen LogP contribution in [-0.4, -0.2) is 42.0 Å². The van der Waals surface area contributed by atoms with Crippen LogP contribution >= 0.6 is 0 Å². The maximum absolute atomic E-state index is 10.7.